The van der Waals surface area contributed by atoms with Crippen LogP contribution < -0.4 is 4.90 Å². The molecule has 1 aliphatic carbocycles. The molecule has 0 saturated heterocycles. The van der Waals surface area contributed by atoms with E-state index in [1.54, 1.807) is 23.7 Å². The van der Waals surface area contributed by atoms with E-state index < -0.39 is 65.3 Å². The van der Waals surface area contributed by atoms with Gasteiger partial charge in [-0.25, -0.2) is 13.2 Å². The quantitative estimate of drug-likeness (QED) is 0.418. The van der Waals surface area contributed by atoms with Gasteiger partial charge in [0.15, 0.2) is 0 Å². The van der Waals surface area contributed by atoms with Crippen molar-refractivity contribution >= 4 is 17.7 Å². The normalized spacial score (nSPS) is 18.2. The number of halogens is 6. The van der Waals surface area contributed by atoms with E-state index in [0.717, 1.165) is 17.0 Å². The van der Waals surface area contributed by atoms with Gasteiger partial charge in [0, 0.05) is 48.5 Å². The van der Waals surface area contributed by atoms with E-state index in [1.807, 2.05) is 0 Å². The molecule has 188 valence electrons. The van der Waals surface area contributed by atoms with E-state index >= 15 is 0 Å². The van der Waals surface area contributed by atoms with E-state index in [2.05, 4.69) is 16.8 Å². The average Bonchev–Trinajstić information content (AvgIpc) is 3.33. The topological polar surface area (TPSA) is 51.0 Å². The van der Waals surface area contributed by atoms with Crippen LogP contribution in [0.2, 0.25) is 0 Å². The number of nitrogens with zero attached hydrogens (tertiary/aromatic N) is 4. The number of hydrogen-bond acceptors (Lipinski definition) is 3. The first-order chi connectivity index (χ1) is 16.8. The lowest BCUT2D eigenvalue weighted by molar-refractivity contribution is -0.140. The highest BCUT2D eigenvalue weighted by Crippen LogP contribution is 2.55. The van der Waals surface area contributed by atoms with Crippen LogP contribution in [0.3, 0.4) is 0 Å². The fourth-order valence-electron chi connectivity index (χ4n) is 5.24. The maximum atomic E-state index is 14.6. The second-order valence-electron chi connectivity index (χ2n) is 9.35. The SMILES string of the molecule is C=Cc1cc2c(c(C(F)(F)F)c1F)CN(c1cccc(C3(Cc4nncn4C)CC(F)(F)C3)c1)C2=O. The first-order valence-electron chi connectivity index (χ1n) is 11.0. The van der Waals surface area contributed by atoms with Gasteiger partial charge in [0.1, 0.15) is 18.0 Å². The van der Waals surface area contributed by atoms with Crippen molar-refractivity contribution in [3.63, 3.8) is 0 Å². The van der Waals surface area contributed by atoms with Gasteiger partial charge >= 0.3 is 6.18 Å². The van der Waals surface area contributed by atoms with Gasteiger partial charge in [-0.15, -0.1) is 10.2 Å². The van der Waals surface area contributed by atoms with Gasteiger partial charge in [-0.1, -0.05) is 24.8 Å². The zero-order valence-corrected chi connectivity index (χ0v) is 19.0. The van der Waals surface area contributed by atoms with E-state index in [9.17, 15) is 31.1 Å². The molecule has 3 aromatic rings. The Labute approximate surface area is 202 Å². The van der Waals surface area contributed by atoms with Crippen molar-refractivity contribution in [2.24, 2.45) is 7.05 Å². The van der Waals surface area contributed by atoms with E-state index in [0.29, 0.717) is 11.4 Å². The number of rotatable bonds is 5. The number of fused-ring (bicyclic) bond motifs is 1. The van der Waals surface area contributed by atoms with Crippen LogP contribution in [0.25, 0.3) is 6.08 Å². The predicted molar refractivity (Wildman–Crippen MR) is 119 cm³/mol. The van der Waals surface area contributed by atoms with Crippen molar-refractivity contribution in [3.05, 3.63) is 82.7 Å². The maximum Gasteiger partial charge on any atom is 0.419 e. The zero-order chi connectivity index (χ0) is 26.0. The van der Waals surface area contributed by atoms with Gasteiger partial charge < -0.3 is 9.47 Å². The molecule has 0 atom stereocenters. The van der Waals surface area contributed by atoms with Crippen molar-refractivity contribution in [3.8, 4) is 0 Å². The molecule has 1 aliphatic heterocycles. The summed E-state index contributed by atoms with van der Waals surface area (Å²) in [6, 6.07) is 7.32. The Kier molecular flexibility index (Phi) is 5.31. The fraction of sp³-hybridized carbons (Fsp3) is 0.320. The van der Waals surface area contributed by atoms with Crippen LogP contribution in [0.4, 0.5) is 32.0 Å². The van der Waals surface area contributed by atoms with Crippen molar-refractivity contribution in [2.45, 2.75) is 43.3 Å². The number of anilines is 1. The smallest absolute Gasteiger partial charge is 0.321 e. The van der Waals surface area contributed by atoms with E-state index in [-0.39, 0.29) is 17.7 Å². The molecule has 1 aromatic heterocycles. The van der Waals surface area contributed by atoms with Crippen LogP contribution in [0.1, 0.15) is 51.3 Å². The summed E-state index contributed by atoms with van der Waals surface area (Å²) in [7, 11) is 1.70. The standard InChI is InChI=1S/C25H20F6N4O/c1-3-14-7-17-18(20(21(14)26)25(29,30)31)10-35(22(17)36)16-6-4-5-15(8-16)23(11-24(27,28)12-23)9-19-33-32-13-34(19)2/h3-8,13H,1,9-12H2,2H3. The van der Waals surface area contributed by atoms with Crippen molar-refractivity contribution in [2.75, 3.05) is 4.90 Å². The number of benzene rings is 2. The Morgan fingerprint density at radius 3 is 2.50 bits per heavy atom. The molecular formula is C25H20F6N4O. The molecule has 0 unspecified atom stereocenters. The molecule has 1 amide bonds. The van der Waals surface area contributed by atoms with Crippen molar-refractivity contribution < 1.29 is 31.1 Å². The Bertz CT molecular complexity index is 1390. The molecule has 2 aliphatic rings. The minimum atomic E-state index is -5.02. The summed E-state index contributed by atoms with van der Waals surface area (Å²) in [6.07, 6.45) is -3.36. The Hall–Kier alpha value is -3.63. The minimum absolute atomic E-state index is 0.169. The number of carbonyl (C=O) groups excluding carboxylic acids is 1. The van der Waals surface area contributed by atoms with Gasteiger partial charge in [0.25, 0.3) is 5.91 Å². The summed E-state index contributed by atoms with van der Waals surface area (Å²) >= 11 is 0. The molecule has 2 heterocycles. The second-order valence-corrected chi connectivity index (χ2v) is 9.35. The van der Waals surface area contributed by atoms with Gasteiger partial charge in [-0.05, 0) is 29.3 Å². The number of carbonyl (C=O) groups is 1. The summed E-state index contributed by atoms with van der Waals surface area (Å²) in [5.41, 5.74) is -2.92. The molecule has 1 fully saturated rings. The Morgan fingerprint density at radius 1 is 1.19 bits per heavy atom. The average molecular weight is 506 g/mol. The number of aryl methyl sites for hydroxylation is 1. The molecular weight excluding hydrogens is 486 g/mol. The summed E-state index contributed by atoms with van der Waals surface area (Å²) in [4.78, 5) is 14.3. The highest BCUT2D eigenvalue weighted by Gasteiger charge is 2.57. The monoisotopic (exact) mass is 506 g/mol. The van der Waals surface area contributed by atoms with Crippen LogP contribution >= 0.6 is 0 Å². The third-order valence-corrected chi connectivity index (χ3v) is 6.96. The largest absolute Gasteiger partial charge is 0.419 e. The Balaban J connectivity index is 1.55. The molecule has 0 radical (unpaired) electrons. The highest BCUT2D eigenvalue weighted by atomic mass is 19.4. The summed E-state index contributed by atoms with van der Waals surface area (Å²) < 4.78 is 85.7. The molecule has 1 saturated carbocycles. The van der Waals surface area contributed by atoms with Gasteiger partial charge in [-0.2, -0.15) is 13.2 Å². The third kappa shape index (κ3) is 3.77. The minimum Gasteiger partial charge on any atom is -0.321 e. The molecule has 0 bridgehead atoms. The molecule has 5 rings (SSSR count). The lowest BCUT2D eigenvalue weighted by atomic mass is 9.60. The van der Waals surface area contributed by atoms with Gasteiger partial charge in [0.05, 0.1) is 12.1 Å². The number of aromatic nitrogens is 3. The summed E-state index contributed by atoms with van der Waals surface area (Å²) in [6.45, 7) is 2.83. The van der Waals surface area contributed by atoms with Crippen LogP contribution in [-0.2, 0) is 31.6 Å². The fourth-order valence-corrected chi connectivity index (χ4v) is 5.24. The van der Waals surface area contributed by atoms with Crippen molar-refractivity contribution in [1.29, 1.82) is 0 Å². The van der Waals surface area contributed by atoms with Crippen LogP contribution in [0.5, 0.6) is 0 Å². The molecule has 11 heteroatoms. The van der Waals surface area contributed by atoms with Crippen molar-refractivity contribution in [1.82, 2.24) is 14.8 Å². The van der Waals surface area contributed by atoms with E-state index in [1.165, 1.54) is 18.5 Å². The first kappa shape index (κ1) is 24.1. The van der Waals surface area contributed by atoms with Crippen LogP contribution in [0, 0.1) is 5.82 Å². The molecule has 5 nitrogen and oxygen atoms in total. The van der Waals surface area contributed by atoms with Crippen LogP contribution in [0.15, 0.2) is 43.2 Å². The first-order valence-corrected chi connectivity index (χ1v) is 11.0. The van der Waals surface area contributed by atoms with Gasteiger partial charge in [0.2, 0.25) is 5.92 Å². The molecule has 0 spiro atoms. The third-order valence-electron chi connectivity index (χ3n) is 6.96. The Morgan fingerprint density at radius 2 is 1.92 bits per heavy atom. The summed E-state index contributed by atoms with van der Waals surface area (Å²) in [5.74, 6) is -4.60. The lowest BCUT2D eigenvalue weighted by Crippen LogP contribution is -2.51. The highest BCUT2D eigenvalue weighted by molar-refractivity contribution is 6.10. The zero-order valence-electron chi connectivity index (χ0n) is 19.0. The maximum absolute atomic E-state index is 14.6. The second kappa shape index (κ2) is 7.94. The summed E-state index contributed by atoms with van der Waals surface area (Å²) in [5, 5.41) is 7.81. The van der Waals surface area contributed by atoms with Gasteiger partial charge in [-0.3, -0.25) is 4.79 Å². The number of hydrogen-bond donors (Lipinski definition) is 0. The lowest BCUT2D eigenvalue weighted by Gasteiger charge is -2.48. The predicted octanol–water partition coefficient (Wildman–Crippen LogP) is 5.69. The molecule has 0 N–H and O–H groups in total. The number of amides is 1. The van der Waals surface area contributed by atoms with E-state index in [4.69, 9.17) is 0 Å². The molecule has 2 aromatic carbocycles. The van der Waals surface area contributed by atoms with Crippen LogP contribution in [-0.4, -0.2) is 26.6 Å². The molecule has 36 heavy (non-hydrogen) atoms. The number of alkyl halides is 5.